The van der Waals surface area contributed by atoms with Crippen molar-refractivity contribution in [2.24, 2.45) is 0 Å². The summed E-state index contributed by atoms with van der Waals surface area (Å²) in [5.74, 6) is -1.25. The normalized spacial score (nSPS) is 12.5. The zero-order valence-electron chi connectivity index (χ0n) is 9.17. The Morgan fingerprint density at radius 2 is 2.07 bits per heavy atom. The molecule has 0 bridgehead atoms. The fourth-order valence-corrected chi connectivity index (χ4v) is 2.01. The number of aliphatic carboxylic acids is 1. The van der Waals surface area contributed by atoms with Crippen LogP contribution in [0.4, 0.5) is 0 Å². The topological polar surface area (TPSA) is 37.3 Å². The van der Waals surface area contributed by atoms with E-state index in [0.717, 1.165) is 16.7 Å². The van der Waals surface area contributed by atoms with Crippen LogP contribution < -0.4 is 0 Å². The summed E-state index contributed by atoms with van der Waals surface area (Å²) in [7, 11) is 0. The number of aryl methyl sites for hydroxylation is 1. The second-order valence-corrected chi connectivity index (χ2v) is 4.17. The fourth-order valence-electron chi connectivity index (χ4n) is 1.73. The second-order valence-electron chi connectivity index (χ2n) is 3.76. The first-order valence-corrected chi connectivity index (χ1v) is 5.34. The quantitative estimate of drug-likeness (QED) is 0.856. The van der Waals surface area contributed by atoms with Crippen molar-refractivity contribution in [3.8, 4) is 0 Å². The summed E-state index contributed by atoms with van der Waals surface area (Å²) in [5, 5.41) is 9.73. The number of carboxylic acid groups (broad SMARTS) is 1. The summed E-state index contributed by atoms with van der Waals surface area (Å²) in [4.78, 5) is 11.1. The predicted molar refractivity (Wildman–Crippen MR) is 61.6 cm³/mol. The molecule has 1 atom stereocenters. The van der Waals surface area contributed by atoms with Gasteiger partial charge in [0.15, 0.2) is 0 Å². The van der Waals surface area contributed by atoms with Gasteiger partial charge in [-0.2, -0.15) is 0 Å². The Morgan fingerprint density at radius 3 is 2.53 bits per heavy atom. The molecule has 0 saturated heterocycles. The Hall–Kier alpha value is -1.02. The minimum absolute atomic E-state index is 0.456. The SMILES string of the molecule is CCC(C(=O)O)c1cc(C)cc(Cl)c1C. The summed E-state index contributed by atoms with van der Waals surface area (Å²) in [5.41, 5.74) is 2.70. The molecule has 1 aromatic carbocycles. The summed E-state index contributed by atoms with van der Waals surface area (Å²) in [6.45, 7) is 5.65. The van der Waals surface area contributed by atoms with E-state index in [2.05, 4.69) is 0 Å². The molecule has 0 saturated carbocycles. The Balaban J connectivity index is 3.28. The molecule has 0 spiro atoms. The average molecular weight is 227 g/mol. The highest BCUT2D eigenvalue weighted by atomic mass is 35.5. The number of rotatable bonds is 3. The molecule has 0 aliphatic carbocycles. The average Bonchev–Trinajstić information content (AvgIpc) is 2.13. The smallest absolute Gasteiger partial charge is 0.310 e. The fraction of sp³-hybridized carbons (Fsp3) is 0.417. The van der Waals surface area contributed by atoms with Crippen LogP contribution in [0.2, 0.25) is 5.02 Å². The molecule has 0 heterocycles. The van der Waals surface area contributed by atoms with Crippen molar-refractivity contribution in [3.05, 3.63) is 33.8 Å². The molecule has 0 fully saturated rings. The van der Waals surface area contributed by atoms with Crippen molar-refractivity contribution in [1.82, 2.24) is 0 Å². The molecular formula is C12H15ClO2. The molecule has 15 heavy (non-hydrogen) atoms. The van der Waals surface area contributed by atoms with Crippen LogP contribution in [0.1, 0.15) is 36.0 Å². The highest BCUT2D eigenvalue weighted by Crippen LogP contribution is 2.29. The van der Waals surface area contributed by atoms with Crippen molar-refractivity contribution in [3.63, 3.8) is 0 Å². The van der Waals surface area contributed by atoms with Gasteiger partial charge in [0.1, 0.15) is 0 Å². The first-order chi connectivity index (χ1) is 6.97. The minimum atomic E-state index is -0.790. The summed E-state index contributed by atoms with van der Waals surface area (Å²) in [6.07, 6.45) is 0.579. The number of benzene rings is 1. The maximum absolute atomic E-state index is 11.1. The lowest BCUT2D eigenvalue weighted by molar-refractivity contribution is -0.138. The van der Waals surface area contributed by atoms with E-state index >= 15 is 0 Å². The van der Waals surface area contributed by atoms with Crippen molar-refractivity contribution >= 4 is 17.6 Å². The molecule has 1 N–H and O–H groups in total. The molecule has 0 radical (unpaired) electrons. The third kappa shape index (κ3) is 2.51. The van der Waals surface area contributed by atoms with E-state index in [1.54, 1.807) is 0 Å². The molecule has 82 valence electrons. The highest BCUT2D eigenvalue weighted by molar-refractivity contribution is 6.31. The van der Waals surface area contributed by atoms with E-state index in [-0.39, 0.29) is 0 Å². The van der Waals surface area contributed by atoms with Gasteiger partial charge in [-0.05, 0) is 43.0 Å². The lowest BCUT2D eigenvalue weighted by Crippen LogP contribution is -2.12. The molecule has 0 amide bonds. The maximum atomic E-state index is 11.1. The van der Waals surface area contributed by atoms with Gasteiger partial charge in [0.05, 0.1) is 5.92 Å². The van der Waals surface area contributed by atoms with Crippen LogP contribution in [-0.4, -0.2) is 11.1 Å². The van der Waals surface area contributed by atoms with E-state index in [4.69, 9.17) is 16.7 Å². The standard InChI is InChI=1S/C12H15ClO2/c1-4-9(12(14)15)10-5-7(2)6-11(13)8(10)3/h5-6,9H,4H2,1-3H3,(H,14,15). The van der Waals surface area contributed by atoms with Crippen molar-refractivity contribution in [2.45, 2.75) is 33.1 Å². The Bertz CT molecular complexity index is 385. The predicted octanol–water partition coefficient (Wildman–Crippen LogP) is 3.54. The number of halogens is 1. The third-order valence-corrected chi connectivity index (χ3v) is 3.00. The summed E-state index contributed by atoms with van der Waals surface area (Å²) < 4.78 is 0. The van der Waals surface area contributed by atoms with Crippen molar-refractivity contribution in [2.75, 3.05) is 0 Å². The van der Waals surface area contributed by atoms with Gasteiger partial charge in [0.25, 0.3) is 0 Å². The Labute approximate surface area is 94.9 Å². The molecule has 3 heteroatoms. The Morgan fingerprint density at radius 1 is 1.47 bits per heavy atom. The van der Waals surface area contributed by atoms with E-state index in [9.17, 15) is 4.79 Å². The minimum Gasteiger partial charge on any atom is -0.481 e. The van der Waals surface area contributed by atoms with Crippen LogP contribution in [0.25, 0.3) is 0 Å². The van der Waals surface area contributed by atoms with E-state index < -0.39 is 11.9 Å². The van der Waals surface area contributed by atoms with E-state index in [0.29, 0.717) is 11.4 Å². The highest BCUT2D eigenvalue weighted by Gasteiger charge is 2.20. The molecule has 1 unspecified atom stereocenters. The lowest BCUT2D eigenvalue weighted by atomic mass is 9.91. The van der Waals surface area contributed by atoms with Gasteiger partial charge >= 0.3 is 5.97 Å². The van der Waals surface area contributed by atoms with Crippen LogP contribution >= 0.6 is 11.6 Å². The largest absolute Gasteiger partial charge is 0.481 e. The molecule has 0 aliphatic rings. The molecule has 0 aromatic heterocycles. The van der Waals surface area contributed by atoms with Gasteiger partial charge in [-0.3, -0.25) is 4.79 Å². The number of hydrogen-bond acceptors (Lipinski definition) is 1. The molecule has 0 aliphatic heterocycles. The first-order valence-electron chi connectivity index (χ1n) is 4.96. The Kier molecular flexibility index (Phi) is 3.75. The van der Waals surface area contributed by atoms with Crippen LogP contribution in [-0.2, 0) is 4.79 Å². The zero-order valence-corrected chi connectivity index (χ0v) is 9.93. The summed E-state index contributed by atoms with van der Waals surface area (Å²) in [6, 6.07) is 3.76. The molecule has 2 nitrogen and oxygen atoms in total. The van der Waals surface area contributed by atoms with Crippen molar-refractivity contribution in [1.29, 1.82) is 0 Å². The molecule has 1 rings (SSSR count). The van der Waals surface area contributed by atoms with Crippen LogP contribution in [0, 0.1) is 13.8 Å². The second kappa shape index (κ2) is 4.67. The monoisotopic (exact) mass is 226 g/mol. The number of carbonyl (C=O) groups is 1. The van der Waals surface area contributed by atoms with E-state index in [1.165, 1.54) is 0 Å². The van der Waals surface area contributed by atoms with Gasteiger partial charge in [-0.25, -0.2) is 0 Å². The molecule has 1 aromatic rings. The summed E-state index contributed by atoms with van der Waals surface area (Å²) >= 11 is 6.03. The van der Waals surface area contributed by atoms with Gasteiger partial charge in [0.2, 0.25) is 0 Å². The lowest BCUT2D eigenvalue weighted by Gasteiger charge is -2.15. The van der Waals surface area contributed by atoms with Crippen molar-refractivity contribution < 1.29 is 9.90 Å². The van der Waals surface area contributed by atoms with Gasteiger partial charge in [-0.1, -0.05) is 24.6 Å². The van der Waals surface area contributed by atoms with Gasteiger partial charge < -0.3 is 5.11 Å². The van der Waals surface area contributed by atoms with Crippen LogP contribution in [0.3, 0.4) is 0 Å². The van der Waals surface area contributed by atoms with Gasteiger partial charge in [-0.15, -0.1) is 0 Å². The maximum Gasteiger partial charge on any atom is 0.310 e. The molecular weight excluding hydrogens is 212 g/mol. The number of carboxylic acids is 1. The van der Waals surface area contributed by atoms with E-state index in [1.807, 2.05) is 32.9 Å². The third-order valence-electron chi connectivity index (χ3n) is 2.61. The number of hydrogen-bond donors (Lipinski definition) is 1. The van der Waals surface area contributed by atoms with Gasteiger partial charge in [0, 0.05) is 5.02 Å². The van der Waals surface area contributed by atoms with Crippen LogP contribution in [0.15, 0.2) is 12.1 Å². The first kappa shape index (κ1) is 12.1. The van der Waals surface area contributed by atoms with Crippen LogP contribution in [0.5, 0.6) is 0 Å². The zero-order chi connectivity index (χ0) is 11.6.